The molecule has 0 aromatic heterocycles. The van der Waals surface area contributed by atoms with E-state index < -0.39 is 10.0 Å². The summed E-state index contributed by atoms with van der Waals surface area (Å²) in [6.45, 7) is 2.85. The Bertz CT molecular complexity index is 733. The number of carbonyl (C=O) groups excluding carboxylic acids is 2. The second-order valence-electron chi connectivity index (χ2n) is 6.18. The van der Waals surface area contributed by atoms with Gasteiger partial charge in [0.2, 0.25) is 15.9 Å². The smallest absolute Gasteiger partial charge is 0.251 e. The van der Waals surface area contributed by atoms with Gasteiger partial charge in [-0.05, 0) is 37.1 Å². The third kappa shape index (κ3) is 3.59. The van der Waals surface area contributed by atoms with E-state index in [-0.39, 0.29) is 35.8 Å². The Hall–Kier alpha value is -1.93. The monoisotopic (exact) mass is 351 g/mol. The lowest BCUT2D eigenvalue weighted by Crippen LogP contribution is -2.49. The van der Waals surface area contributed by atoms with Gasteiger partial charge in [0, 0.05) is 44.7 Å². The van der Waals surface area contributed by atoms with Crippen molar-refractivity contribution >= 4 is 21.8 Å². The van der Waals surface area contributed by atoms with Gasteiger partial charge in [-0.1, -0.05) is 0 Å². The van der Waals surface area contributed by atoms with Crippen molar-refractivity contribution in [2.75, 3.05) is 26.2 Å². The van der Waals surface area contributed by atoms with Gasteiger partial charge in [0.25, 0.3) is 5.91 Å². The van der Waals surface area contributed by atoms with E-state index in [9.17, 15) is 18.0 Å². The molecule has 1 saturated carbocycles. The molecule has 2 aliphatic rings. The molecule has 0 bridgehead atoms. The van der Waals surface area contributed by atoms with Crippen LogP contribution in [0.15, 0.2) is 29.2 Å². The molecule has 1 aliphatic heterocycles. The van der Waals surface area contributed by atoms with Crippen molar-refractivity contribution in [3.63, 3.8) is 0 Å². The lowest BCUT2D eigenvalue weighted by atomic mass is 10.2. The highest BCUT2D eigenvalue weighted by atomic mass is 32.2. The average Bonchev–Trinajstić information content (AvgIpc) is 3.39. The first-order chi connectivity index (χ1) is 11.4. The normalized spacial score (nSPS) is 19.1. The van der Waals surface area contributed by atoms with Gasteiger partial charge in [-0.3, -0.25) is 9.59 Å². The zero-order chi connectivity index (χ0) is 17.3. The summed E-state index contributed by atoms with van der Waals surface area (Å²) in [5.41, 5.74) is 0.460. The Labute approximate surface area is 141 Å². The summed E-state index contributed by atoms with van der Waals surface area (Å²) in [7, 11) is -3.60. The Kier molecular flexibility index (Phi) is 4.60. The summed E-state index contributed by atoms with van der Waals surface area (Å²) >= 11 is 0. The lowest BCUT2D eigenvalue weighted by Gasteiger charge is -2.33. The molecule has 1 aromatic rings. The van der Waals surface area contributed by atoms with Crippen LogP contribution in [-0.4, -0.2) is 61.7 Å². The summed E-state index contributed by atoms with van der Waals surface area (Å²) in [4.78, 5) is 25.1. The summed E-state index contributed by atoms with van der Waals surface area (Å²) in [6.07, 6.45) is 2.01. The molecule has 8 heteroatoms. The molecule has 0 radical (unpaired) electrons. The highest BCUT2D eigenvalue weighted by molar-refractivity contribution is 7.89. The van der Waals surface area contributed by atoms with Crippen molar-refractivity contribution in [3.05, 3.63) is 29.8 Å². The van der Waals surface area contributed by atoms with Crippen molar-refractivity contribution < 1.29 is 18.0 Å². The molecule has 2 fully saturated rings. The van der Waals surface area contributed by atoms with Gasteiger partial charge < -0.3 is 10.2 Å². The molecule has 0 atom stereocenters. The number of nitrogens with one attached hydrogen (secondary N) is 1. The Morgan fingerprint density at radius 3 is 2.12 bits per heavy atom. The Balaban J connectivity index is 1.68. The molecule has 3 rings (SSSR count). The van der Waals surface area contributed by atoms with Crippen molar-refractivity contribution in [2.24, 2.45) is 0 Å². The number of benzene rings is 1. The van der Waals surface area contributed by atoms with Crippen LogP contribution < -0.4 is 5.32 Å². The Morgan fingerprint density at radius 2 is 1.62 bits per heavy atom. The lowest BCUT2D eigenvalue weighted by molar-refractivity contribution is -0.129. The summed E-state index contributed by atoms with van der Waals surface area (Å²) in [6, 6.07) is 6.27. The molecule has 1 aliphatic carbocycles. The zero-order valence-electron chi connectivity index (χ0n) is 13.6. The highest BCUT2D eigenvalue weighted by Crippen LogP contribution is 2.21. The fraction of sp³-hybridized carbons (Fsp3) is 0.500. The molecule has 1 saturated heterocycles. The minimum Gasteiger partial charge on any atom is -0.349 e. The maximum atomic E-state index is 12.7. The van der Waals surface area contributed by atoms with Crippen LogP contribution in [0.1, 0.15) is 30.1 Å². The molecule has 7 nitrogen and oxygen atoms in total. The van der Waals surface area contributed by atoms with E-state index >= 15 is 0 Å². The van der Waals surface area contributed by atoms with Gasteiger partial charge in [-0.25, -0.2) is 8.42 Å². The standard InChI is InChI=1S/C16H21N3O4S/c1-12(20)18-8-10-19(11-9-18)24(22,23)15-6-2-13(3-7-15)16(21)17-14-4-5-14/h2-3,6-7,14H,4-5,8-11H2,1H3,(H,17,21). The Morgan fingerprint density at radius 1 is 1.04 bits per heavy atom. The van der Waals surface area contributed by atoms with Gasteiger partial charge in [-0.15, -0.1) is 0 Å². The number of nitrogens with zero attached hydrogens (tertiary/aromatic N) is 2. The maximum absolute atomic E-state index is 12.7. The fourth-order valence-electron chi connectivity index (χ4n) is 2.67. The number of rotatable bonds is 4. The van der Waals surface area contributed by atoms with Crippen molar-refractivity contribution in [2.45, 2.75) is 30.7 Å². The van der Waals surface area contributed by atoms with Crippen molar-refractivity contribution in [3.8, 4) is 0 Å². The number of carbonyl (C=O) groups is 2. The second-order valence-corrected chi connectivity index (χ2v) is 8.12. The number of hydrogen-bond acceptors (Lipinski definition) is 4. The quantitative estimate of drug-likeness (QED) is 0.852. The maximum Gasteiger partial charge on any atom is 0.251 e. The van der Waals surface area contributed by atoms with Crippen LogP contribution >= 0.6 is 0 Å². The molecule has 1 aromatic carbocycles. The number of sulfonamides is 1. The summed E-state index contributed by atoms with van der Waals surface area (Å²) in [5, 5.41) is 2.87. The molecule has 24 heavy (non-hydrogen) atoms. The molecular weight excluding hydrogens is 330 g/mol. The van der Waals surface area contributed by atoms with E-state index in [4.69, 9.17) is 0 Å². The molecule has 2 amide bonds. The van der Waals surface area contributed by atoms with E-state index in [1.54, 1.807) is 4.90 Å². The van der Waals surface area contributed by atoms with Gasteiger partial charge in [0.15, 0.2) is 0 Å². The van der Waals surface area contributed by atoms with Crippen LogP contribution in [0.25, 0.3) is 0 Å². The number of amides is 2. The van der Waals surface area contributed by atoms with E-state index in [1.165, 1.54) is 35.5 Å². The third-order valence-electron chi connectivity index (χ3n) is 4.35. The predicted molar refractivity (Wildman–Crippen MR) is 87.9 cm³/mol. The van der Waals surface area contributed by atoms with E-state index in [0.717, 1.165) is 12.8 Å². The van der Waals surface area contributed by atoms with Crippen LogP contribution in [0.4, 0.5) is 0 Å². The second kappa shape index (κ2) is 6.52. The van der Waals surface area contributed by atoms with Crippen LogP contribution in [0.3, 0.4) is 0 Å². The largest absolute Gasteiger partial charge is 0.349 e. The van der Waals surface area contributed by atoms with Crippen LogP contribution in [0.5, 0.6) is 0 Å². The molecule has 1 N–H and O–H groups in total. The van der Waals surface area contributed by atoms with Gasteiger partial charge >= 0.3 is 0 Å². The minimum absolute atomic E-state index is 0.0434. The van der Waals surface area contributed by atoms with Crippen LogP contribution in [-0.2, 0) is 14.8 Å². The molecule has 0 unspecified atom stereocenters. The first-order valence-electron chi connectivity index (χ1n) is 8.04. The minimum atomic E-state index is -3.60. The molecule has 130 valence electrons. The predicted octanol–water partition coefficient (Wildman–Crippen LogP) is 0.432. The number of piperazine rings is 1. The molecular formula is C16H21N3O4S. The summed E-state index contributed by atoms with van der Waals surface area (Å²) < 4.78 is 26.7. The van der Waals surface area contributed by atoms with Crippen LogP contribution in [0.2, 0.25) is 0 Å². The van der Waals surface area contributed by atoms with E-state index in [1.807, 2.05) is 0 Å². The molecule has 1 heterocycles. The first kappa shape index (κ1) is 16.9. The van der Waals surface area contributed by atoms with Gasteiger partial charge in [0.1, 0.15) is 0 Å². The third-order valence-corrected chi connectivity index (χ3v) is 6.26. The van der Waals surface area contributed by atoms with Gasteiger partial charge in [-0.2, -0.15) is 4.31 Å². The van der Waals surface area contributed by atoms with Crippen molar-refractivity contribution in [1.82, 2.24) is 14.5 Å². The van der Waals surface area contributed by atoms with Crippen LogP contribution in [0, 0.1) is 0 Å². The SMILES string of the molecule is CC(=O)N1CCN(S(=O)(=O)c2ccc(C(=O)NC3CC3)cc2)CC1. The van der Waals surface area contributed by atoms with E-state index in [0.29, 0.717) is 18.7 Å². The topological polar surface area (TPSA) is 86.8 Å². The fourth-order valence-corrected chi connectivity index (χ4v) is 4.09. The summed E-state index contributed by atoms with van der Waals surface area (Å²) in [5.74, 6) is -0.213. The zero-order valence-corrected chi connectivity index (χ0v) is 14.4. The number of hydrogen-bond donors (Lipinski definition) is 1. The van der Waals surface area contributed by atoms with E-state index in [2.05, 4.69) is 5.32 Å². The highest BCUT2D eigenvalue weighted by Gasteiger charge is 2.29. The van der Waals surface area contributed by atoms with Gasteiger partial charge in [0.05, 0.1) is 4.90 Å². The first-order valence-corrected chi connectivity index (χ1v) is 9.48. The average molecular weight is 351 g/mol. The van der Waals surface area contributed by atoms with Crippen molar-refractivity contribution in [1.29, 1.82) is 0 Å². The molecule has 0 spiro atoms.